The second-order valence-electron chi connectivity index (χ2n) is 5.12. The molecule has 0 saturated carbocycles. The Morgan fingerprint density at radius 3 is 2.59 bits per heavy atom. The van der Waals surface area contributed by atoms with Gasteiger partial charge in [0.2, 0.25) is 0 Å². The highest BCUT2D eigenvalue weighted by molar-refractivity contribution is 5.75. The highest BCUT2D eigenvalue weighted by Gasteiger charge is 2.28. The van der Waals surface area contributed by atoms with Crippen LogP contribution in [0.2, 0.25) is 0 Å². The topological polar surface area (TPSA) is 78.9 Å². The number of carbonyl (C=O) groups excluding carboxylic acids is 1. The molecule has 6 heteroatoms. The summed E-state index contributed by atoms with van der Waals surface area (Å²) in [6, 6.07) is -0.718. The number of carboxylic acids is 1. The molecule has 17 heavy (non-hydrogen) atoms. The standard InChI is InChI=1S/C11H20N2O4/c1-11(2,3)17-10(16)13-6-4-5-12-8(7-13)9(14)15/h8,12H,4-7H2,1-3H3,(H,14,15). The molecule has 0 radical (unpaired) electrons. The summed E-state index contributed by atoms with van der Waals surface area (Å²) >= 11 is 0. The fraction of sp³-hybridized carbons (Fsp3) is 0.818. The minimum Gasteiger partial charge on any atom is -0.480 e. The van der Waals surface area contributed by atoms with Crippen LogP contribution in [-0.4, -0.2) is 53.3 Å². The third-order valence-corrected chi connectivity index (χ3v) is 2.35. The fourth-order valence-electron chi connectivity index (χ4n) is 1.58. The zero-order valence-electron chi connectivity index (χ0n) is 10.5. The van der Waals surface area contributed by atoms with Crippen LogP contribution >= 0.6 is 0 Å². The van der Waals surface area contributed by atoms with Crippen molar-refractivity contribution in [2.75, 3.05) is 19.6 Å². The van der Waals surface area contributed by atoms with Gasteiger partial charge in [0.15, 0.2) is 0 Å². The van der Waals surface area contributed by atoms with Gasteiger partial charge < -0.3 is 20.1 Å². The molecule has 0 aromatic heterocycles. The Balaban J connectivity index is 2.62. The highest BCUT2D eigenvalue weighted by Crippen LogP contribution is 2.11. The van der Waals surface area contributed by atoms with Crippen molar-refractivity contribution in [2.24, 2.45) is 0 Å². The Kier molecular flexibility index (Phi) is 4.34. The average Bonchev–Trinajstić information content (AvgIpc) is 2.39. The molecule has 1 atom stereocenters. The lowest BCUT2D eigenvalue weighted by molar-refractivity contribution is -0.139. The van der Waals surface area contributed by atoms with E-state index < -0.39 is 23.7 Å². The van der Waals surface area contributed by atoms with Crippen LogP contribution in [0, 0.1) is 0 Å². The lowest BCUT2D eigenvalue weighted by Gasteiger charge is -2.27. The summed E-state index contributed by atoms with van der Waals surface area (Å²) in [5.41, 5.74) is -0.560. The quantitative estimate of drug-likeness (QED) is 0.708. The van der Waals surface area contributed by atoms with Gasteiger partial charge in [-0.25, -0.2) is 4.79 Å². The van der Waals surface area contributed by atoms with E-state index in [1.54, 1.807) is 20.8 Å². The molecule has 1 aliphatic heterocycles. The van der Waals surface area contributed by atoms with Crippen molar-refractivity contribution in [1.29, 1.82) is 0 Å². The summed E-state index contributed by atoms with van der Waals surface area (Å²) in [5.74, 6) is -0.944. The van der Waals surface area contributed by atoms with Crippen molar-refractivity contribution in [3.8, 4) is 0 Å². The average molecular weight is 244 g/mol. The molecule has 6 nitrogen and oxygen atoms in total. The Morgan fingerprint density at radius 2 is 2.06 bits per heavy atom. The molecule has 1 rings (SSSR count). The van der Waals surface area contributed by atoms with E-state index in [1.165, 1.54) is 4.90 Å². The first-order valence-corrected chi connectivity index (χ1v) is 5.74. The normalized spacial score (nSPS) is 21.8. The second kappa shape index (κ2) is 5.35. The van der Waals surface area contributed by atoms with Gasteiger partial charge in [0.1, 0.15) is 11.6 Å². The lowest BCUT2D eigenvalue weighted by atomic mass is 10.2. The van der Waals surface area contributed by atoms with Gasteiger partial charge in [-0.1, -0.05) is 0 Å². The molecule has 0 aromatic rings. The van der Waals surface area contributed by atoms with Gasteiger partial charge in [-0.3, -0.25) is 4.79 Å². The van der Waals surface area contributed by atoms with Crippen LogP contribution in [0.15, 0.2) is 0 Å². The lowest BCUT2D eigenvalue weighted by Crippen LogP contribution is -2.46. The van der Waals surface area contributed by atoms with Gasteiger partial charge in [-0.2, -0.15) is 0 Å². The molecule has 1 heterocycles. The van der Waals surface area contributed by atoms with Gasteiger partial charge in [-0.15, -0.1) is 0 Å². The number of aliphatic carboxylic acids is 1. The van der Waals surface area contributed by atoms with Crippen molar-refractivity contribution in [1.82, 2.24) is 10.2 Å². The summed E-state index contributed by atoms with van der Waals surface area (Å²) in [6.07, 6.45) is 0.274. The Morgan fingerprint density at radius 1 is 1.41 bits per heavy atom. The van der Waals surface area contributed by atoms with E-state index in [1.807, 2.05) is 0 Å². The predicted octanol–water partition coefficient (Wildman–Crippen LogP) is 0.670. The maximum atomic E-state index is 11.8. The van der Waals surface area contributed by atoms with Crippen molar-refractivity contribution in [3.63, 3.8) is 0 Å². The van der Waals surface area contributed by atoms with Gasteiger partial charge in [0.05, 0.1) is 6.54 Å². The predicted molar refractivity (Wildman–Crippen MR) is 61.9 cm³/mol. The van der Waals surface area contributed by atoms with E-state index in [0.29, 0.717) is 13.1 Å². The minimum absolute atomic E-state index is 0.143. The van der Waals surface area contributed by atoms with E-state index >= 15 is 0 Å². The van der Waals surface area contributed by atoms with E-state index in [-0.39, 0.29) is 6.54 Å². The maximum absolute atomic E-state index is 11.8. The van der Waals surface area contributed by atoms with E-state index in [4.69, 9.17) is 9.84 Å². The molecule has 2 N–H and O–H groups in total. The first-order valence-electron chi connectivity index (χ1n) is 5.74. The number of carboxylic acid groups (broad SMARTS) is 1. The smallest absolute Gasteiger partial charge is 0.410 e. The third-order valence-electron chi connectivity index (χ3n) is 2.35. The van der Waals surface area contributed by atoms with E-state index in [0.717, 1.165) is 6.42 Å². The highest BCUT2D eigenvalue weighted by atomic mass is 16.6. The zero-order chi connectivity index (χ0) is 13.1. The number of carbonyl (C=O) groups is 2. The van der Waals surface area contributed by atoms with Crippen molar-refractivity contribution in [3.05, 3.63) is 0 Å². The minimum atomic E-state index is -0.944. The zero-order valence-corrected chi connectivity index (χ0v) is 10.5. The molecular weight excluding hydrogens is 224 g/mol. The largest absolute Gasteiger partial charge is 0.480 e. The second-order valence-corrected chi connectivity index (χ2v) is 5.12. The van der Waals surface area contributed by atoms with Crippen LogP contribution in [0.5, 0.6) is 0 Å². The number of nitrogens with zero attached hydrogens (tertiary/aromatic N) is 1. The molecule has 1 fully saturated rings. The number of nitrogens with one attached hydrogen (secondary N) is 1. The Bertz CT molecular complexity index is 298. The summed E-state index contributed by atoms with van der Waals surface area (Å²) in [6.45, 7) is 6.62. The van der Waals surface area contributed by atoms with Crippen molar-refractivity contribution >= 4 is 12.1 Å². The fourth-order valence-corrected chi connectivity index (χ4v) is 1.58. The monoisotopic (exact) mass is 244 g/mol. The summed E-state index contributed by atoms with van der Waals surface area (Å²) in [4.78, 5) is 24.2. The van der Waals surface area contributed by atoms with Crippen LogP contribution < -0.4 is 5.32 Å². The molecule has 98 valence electrons. The summed E-state index contributed by atoms with van der Waals surface area (Å²) in [5, 5.41) is 11.8. The Hall–Kier alpha value is -1.30. The van der Waals surface area contributed by atoms with Crippen molar-refractivity contribution in [2.45, 2.75) is 38.8 Å². The molecule has 0 aliphatic carbocycles. The maximum Gasteiger partial charge on any atom is 0.410 e. The van der Waals surface area contributed by atoms with Crippen LogP contribution in [-0.2, 0) is 9.53 Å². The van der Waals surface area contributed by atoms with Crippen LogP contribution in [0.4, 0.5) is 4.79 Å². The molecule has 1 aliphatic rings. The molecule has 1 amide bonds. The number of hydrogen-bond donors (Lipinski definition) is 2. The molecule has 0 aromatic carbocycles. The number of amides is 1. The molecule has 0 spiro atoms. The molecular formula is C11H20N2O4. The van der Waals surface area contributed by atoms with Gasteiger partial charge in [0.25, 0.3) is 0 Å². The first kappa shape index (κ1) is 13.8. The van der Waals surface area contributed by atoms with Crippen LogP contribution in [0.25, 0.3) is 0 Å². The first-order chi connectivity index (χ1) is 7.79. The number of rotatable bonds is 1. The number of ether oxygens (including phenoxy) is 1. The van der Waals surface area contributed by atoms with Gasteiger partial charge in [-0.05, 0) is 33.7 Å². The molecule has 1 saturated heterocycles. The third kappa shape index (κ3) is 4.60. The van der Waals surface area contributed by atoms with Crippen molar-refractivity contribution < 1.29 is 19.4 Å². The number of hydrogen-bond acceptors (Lipinski definition) is 4. The van der Waals surface area contributed by atoms with Gasteiger partial charge >= 0.3 is 12.1 Å². The van der Waals surface area contributed by atoms with E-state index in [9.17, 15) is 9.59 Å². The van der Waals surface area contributed by atoms with Crippen LogP contribution in [0.1, 0.15) is 27.2 Å². The summed E-state index contributed by atoms with van der Waals surface area (Å²) < 4.78 is 5.23. The molecule has 0 bridgehead atoms. The van der Waals surface area contributed by atoms with E-state index in [2.05, 4.69) is 5.32 Å². The SMILES string of the molecule is CC(C)(C)OC(=O)N1CCCNC(C(=O)O)C1. The van der Waals surface area contributed by atoms with Gasteiger partial charge in [0, 0.05) is 6.54 Å². The molecule has 1 unspecified atom stereocenters. The van der Waals surface area contributed by atoms with Crippen LogP contribution in [0.3, 0.4) is 0 Å². The summed E-state index contributed by atoms with van der Waals surface area (Å²) in [7, 11) is 0. The Labute approximate surface area is 101 Å².